The number of rotatable bonds is 9. The van der Waals surface area contributed by atoms with Crippen LogP contribution in [0.25, 0.3) is 33.4 Å². The average Bonchev–Trinajstić information content (AvgIpc) is 3.35. The summed E-state index contributed by atoms with van der Waals surface area (Å²) in [7, 11) is 1.49. The third kappa shape index (κ3) is 5.38. The van der Waals surface area contributed by atoms with E-state index in [0.717, 1.165) is 0 Å². The largest absolute Gasteiger partial charge is 0.455 e. The average molecular weight is 545 g/mol. The highest BCUT2D eigenvalue weighted by atomic mass is 19.1. The fourth-order valence-electron chi connectivity index (χ4n) is 4.34. The lowest BCUT2D eigenvalue weighted by Gasteiger charge is -2.26. The number of aliphatic hydroxyl groups excluding tert-OH is 2. The molecule has 4 aromatic rings. The molecule has 0 bridgehead atoms. The number of aliphatic hydroxyl groups is 2. The van der Waals surface area contributed by atoms with Crippen molar-refractivity contribution in [1.82, 2.24) is 10.6 Å². The quantitative estimate of drug-likeness (QED) is 0.184. The van der Waals surface area contributed by atoms with Crippen LogP contribution in [0.5, 0.6) is 0 Å². The summed E-state index contributed by atoms with van der Waals surface area (Å²) in [4.78, 5) is 27.5. The third-order valence-electron chi connectivity index (χ3n) is 6.64. The fourth-order valence-corrected chi connectivity index (χ4v) is 4.34. The first kappa shape index (κ1) is 28.3. The summed E-state index contributed by atoms with van der Waals surface area (Å²) in [6.07, 6.45) is 2.16. The van der Waals surface area contributed by atoms with Crippen molar-refractivity contribution < 1.29 is 28.6 Å². The molecule has 2 amide bonds. The number of halogens is 1. The lowest BCUT2D eigenvalue weighted by atomic mass is 9.96. The van der Waals surface area contributed by atoms with Gasteiger partial charge in [0.1, 0.15) is 17.2 Å². The molecule has 0 aliphatic rings. The van der Waals surface area contributed by atoms with Crippen LogP contribution in [0, 0.1) is 17.3 Å². The number of furan rings is 1. The van der Waals surface area contributed by atoms with Crippen molar-refractivity contribution in [3.8, 4) is 28.6 Å². The Bertz CT molecular complexity index is 1600. The molecule has 4 N–H and O–H groups in total. The van der Waals surface area contributed by atoms with Crippen molar-refractivity contribution in [2.45, 2.75) is 19.4 Å². The standard InChI is InChI=1S/C30H29FN4O5/c1-4-35(17-32)24-14-25-23(26(29(39)33-3)27(40-25)18-8-10-21(31)11-9-18)13-22(24)19-6-5-7-20(12-19)28(38)34-30(2,15-36)16-37/h5-14,36-37H,4,15-16H2,1-3H3,(H,33,39)(H,34,38). The van der Waals surface area contributed by atoms with Crippen LogP contribution in [0.15, 0.2) is 65.1 Å². The summed E-state index contributed by atoms with van der Waals surface area (Å²) >= 11 is 0. The van der Waals surface area contributed by atoms with E-state index in [9.17, 15) is 29.5 Å². The SMILES string of the molecule is CCN(C#N)c1cc2oc(-c3ccc(F)cc3)c(C(=O)NC)c2cc1-c1cccc(C(=O)NC(C)(CO)CO)c1. The molecule has 9 nitrogen and oxygen atoms in total. The van der Waals surface area contributed by atoms with Crippen molar-refractivity contribution in [2.75, 3.05) is 31.7 Å². The van der Waals surface area contributed by atoms with Crippen molar-refractivity contribution >= 4 is 28.5 Å². The van der Waals surface area contributed by atoms with E-state index in [1.54, 1.807) is 36.4 Å². The van der Waals surface area contributed by atoms with Gasteiger partial charge in [0.15, 0.2) is 6.19 Å². The molecule has 206 valence electrons. The maximum absolute atomic E-state index is 13.6. The fraction of sp³-hybridized carbons (Fsp3) is 0.233. The zero-order valence-corrected chi connectivity index (χ0v) is 22.3. The lowest BCUT2D eigenvalue weighted by molar-refractivity contribution is 0.0723. The molecule has 0 aliphatic heterocycles. The number of amides is 2. The van der Waals surface area contributed by atoms with Crippen LogP contribution in [0.2, 0.25) is 0 Å². The Labute approximate surface area is 230 Å². The van der Waals surface area contributed by atoms with Crippen molar-refractivity contribution in [3.63, 3.8) is 0 Å². The van der Waals surface area contributed by atoms with E-state index >= 15 is 0 Å². The molecule has 0 aliphatic carbocycles. The van der Waals surface area contributed by atoms with Gasteiger partial charge in [0, 0.05) is 41.7 Å². The first-order valence-electron chi connectivity index (χ1n) is 12.6. The molecular weight excluding hydrogens is 515 g/mol. The maximum atomic E-state index is 13.6. The minimum Gasteiger partial charge on any atom is -0.455 e. The van der Waals surface area contributed by atoms with E-state index in [4.69, 9.17) is 4.42 Å². The molecule has 0 radical (unpaired) electrons. The van der Waals surface area contributed by atoms with Gasteiger partial charge in [0.05, 0.1) is 30.0 Å². The van der Waals surface area contributed by atoms with Gasteiger partial charge in [-0.1, -0.05) is 12.1 Å². The van der Waals surface area contributed by atoms with E-state index < -0.39 is 36.4 Å². The summed E-state index contributed by atoms with van der Waals surface area (Å²) in [6.45, 7) is 2.76. The van der Waals surface area contributed by atoms with Gasteiger partial charge >= 0.3 is 0 Å². The molecule has 0 saturated carbocycles. The predicted molar refractivity (Wildman–Crippen MR) is 149 cm³/mol. The molecule has 0 fully saturated rings. The number of benzene rings is 3. The van der Waals surface area contributed by atoms with Crippen LogP contribution in [-0.4, -0.2) is 54.4 Å². The zero-order valence-electron chi connectivity index (χ0n) is 22.3. The molecule has 1 aromatic heterocycles. The van der Waals surface area contributed by atoms with Gasteiger partial charge in [0.25, 0.3) is 11.8 Å². The summed E-state index contributed by atoms with van der Waals surface area (Å²) in [5, 5.41) is 34.8. The Morgan fingerprint density at radius 2 is 1.75 bits per heavy atom. The Morgan fingerprint density at radius 1 is 1.05 bits per heavy atom. The van der Waals surface area contributed by atoms with Gasteiger partial charge in [0.2, 0.25) is 0 Å². The molecule has 40 heavy (non-hydrogen) atoms. The van der Waals surface area contributed by atoms with Gasteiger partial charge < -0.3 is 25.3 Å². The molecular formula is C30H29FN4O5. The normalized spacial score (nSPS) is 11.2. The lowest BCUT2D eigenvalue weighted by Crippen LogP contribution is -2.51. The monoisotopic (exact) mass is 544 g/mol. The van der Waals surface area contributed by atoms with E-state index in [0.29, 0.717) is 39.9 Å². The first-order valence-corrected chi connectivity index (χ1v) is 12.6. The third-order valence-corrected chi connectivity index (χ3v) is 6.64. The number of anilines is 1. The minimum absolute atomic E-state index is 0.243. The molecule has 0 spiro atoms. The highest BCUT2D eigenvalue weighted by Crippen LogP contribution is 2.41. The number of nitriles is 1. The van der Waals surface area contributed by atoms with Gasteiger partial charge in [-0.25, -0.2) is 4.39 Å². The second kappa shape index (κ2) is 11.6. The van der Waals surface area contributed by atoms with E-state index in [1.807, 2.05) is 6.92 Å². The smallest absolute Gasteiger partial charge is 0.255 e. The Kier molecular flexibility index (Phi) is 8.18. The molecule has 0 unspecified atom stereocenters. The van der Waals surface area contributed by atoms with E-state index in [2.05, 4.69) is 16.8 Å². The van der Waals surface area contributed by atoms with Crippen LogP contribution in [0.1, 0.15) is 34.6 Å². The second-order valence-corrected chi connectivity index (χ2v) is 9.51. The molecule has 1 heterocycles. The Balaban J connectivity index is 1.95. The summed E-state index contributed by atoms with van der Waals surface area (Å²) in [6, 6.07) is 15.6. The van der Waals surface area contributed by atoms with Gasteiger partial charge in [-0.2, -0.15) is 5.26 Å². The zero-order chi connectivity index (χ0) is 29.0. The number of carbonyl (C=O) groups excluding carboxylic acids is 2. The van der Waals surface area contributed by atoms with Crippen molar-refractivity contribution in [2.24, 2.45) is 0 Å². The summed E-state index contributed by atoms with van der Waals surface area (Å²) in [5.41, 5.74) is 1.78. The Hall–Kier alpha value is -4.72. The van der Waals surface area contributed by atoms with Crippen LogP contribution in [0.3, 0.4) is 0 Å². The minimum atomic E-state index is -1.22. The number of nitrogens with one attached hydrogen (secondary N) is 2. The first-order chi connectivity index (χ1) is 19.2. The second-order valence-electron chi connectivity index (χ2n) is 9.51. The molecule has 4 rings (SSSR count). The van der Waals surface area contributed by atoms with Crippen LogP contribution >= 0.6 is 0 Å². The van der Waals surface area contributed by atoms with Gasteiger partial charge in [-0.15, -0.1) is 0 Å². The molecule has 0 atom stereocenters. The number of hydrogen-bond donors (Lipinski definition) is 4. The van der Waals surface area contributed by atoms with Crippen LogP contribution in [0.4, 0.5) is 10.1 Å². The number of fused-ring (bicyclic) bond motifs is 1. The van der Waals surface area contributed by atoms with Crippen LogP contribution < -0.4 is 15.5 Å². The van der Waals surface area contributed by atoms with Gasteiger partial charge in [-0.3, -0.25) is 14.5 Å². The number of carbonyl (C=O) groups is 2. The topological polar surface area (TPSA) is 139 Å². The van der Waals surface area contributed by atoms with Gasteiger partial charge in [-0.05, 0) is 61.9 Å². The van der Waals surface area contributed by atoms with E-state index in [1.165, 1.54) is 43.1 Å². The highest BCUT2D eigenvalue weighted by Gasteiger charge is 2.27. The number of hydrogen-bond acceptors (Lipinski definition) is 7. The summed E-state index contributed by atoms with van der Waals surface area (Å²) in [5.74, 6) is -1.10. The molecule has 10 heteroatoms. The maximum Gasteiger partial charge on any atom is 0.255 e. The Morgan fingerprint density at radius 3 is 2.35 bits per heavy atom. The molecule has 0 saturated heterocycles. The van der Waals surface area contributed by atoms with Crippen LogP contribution in [-0.2, 0) is 0 Å². The van der Waals surface area contributed by atoms with E-state index in [-0.39, 0.29) is 16.9 Å². The molecule has 3 aromatic carbocycles. The highest BCUT2D eigenvalue weighted by molar-refractivity contribution is 6.13. The van der Waals surface area contributed by atoms with Crippen molar-refractivity contribution in [3.05, 3.63) is 77.6 Å². The summed E-state index contributed by atoms with van der Waals surface area (Å²) < 4.78 is 19.7. The predicted octanol–water partition coefficient (Wildman–Crippen LogP) is 4.05. The number of nitrogens with zero attached hydrogens (tertiary/aromatic N) is 2. The van der Waals surface area contributed by atoms with Crippen molar-refractivity contribution in [1.29, 1.82) is 5.26 Å².